The molecule has 0 amide bonds. The Labute approximate surface area is 213 Å². The molecule has 1 aromatic heterocycles. The summed E-state index contributed by atoms with van der Waals surface area (Å²) < 4.78 is 12.5. The summed E-state index contributed by atoms with van der Waals surface area (Å²) in [6, 6.07) is 44.2. The van der Waals surface area contributed by atoms with Crippen molar-refractivity contribution in [3.8, 4) is 22.6 Å². The van der Waals surface area contributed by atoms with Gasteiger partial charge in [0.25, 0.3) is 0 Å². The molecule has 0 aliphatic carbocycles. The first-order chi connectivity index (χ1) is 18.3. The Balaban J connectivity index is 1.41. The van der Waals surface area contributed by atoms with Crippen molar-refractivity contribution in [1.29, 1.82) is 0 Å². The van der Waals surface area contributed by atoms with Crippen molar-refractivity contribution < 1.29 is 9.15 Å². The fraction of sp³-hybridized carbons (Fsp3) is 0. The molecule has 6 aromatic carbocycles. The van der Waals surface area contributed by atoms with E-state index in [0.29, 0.717) is 0 Å². The summed E-state index contributed by atoms with van der Waals surface area (Å²) in [6.45, 7) is 0. The molecule has 3 heteroatoms. The van der Waals surface area contributed by atoms with Crippen LogP contribution in [0.2, 0.25) is 0 Å². The minimum Gasteiger partial charge on any atom is -0.456 e. The monoisotopic (exact) mass is 475 g/mol. The Morgan fingerprint density at radius 3 is 2.16 bits per heavy atom. The molecule has 0 saturated heterocycles. The summed E-state index contributed by atoms with van der Waals surface area (Å²) in [4.78, 5) is 2.32. The average molecular weight is 476 g/mol. The van der Waals surface area contributed by atoms with Crippen LogP contribution in [-0.2, 0) is 0 Å². The lowest BCUT2D eigenvalue weighted by Gasteiger charge is -2.29. The molecule has 3 nitrogen and oxygen atoms in total. The van der Waals surface area contributed by atoms with Gasteiger partial charge in [0.1, 0.15) is 22.7 Å². The van der Waals surface area contributed by atoms with Crippen LogP contribution < -0.4 is 9.64 Å². The smallest absolute Gasteiger partial charge is 0.135 e. The van der Waals surface area contributed by atoms with Gasteiger partial charge in [-0.2, -0.15) is 0 Å². The van der Waals surface area contributed by atoms with E-state index in [1.807, 2.05) is 24.3 Å². The maximum atomic E-state index is 6.36. The van der Waals surface area contributed by atoms with Gasteiger partial charge < -0.3 is 14.1 Å². The molecule has 0 radical (unpaired) electrons. The highest BCUT2D eigenvalue weighted by Gasteiger charge is 2.24. The zero-order valence-electron chi connectivity index (χ0n) is 19.9. The molecule has 1 aliphatic heterocycles. The number of para-hydroxylation sites is 3. The first kappa shape index (κ1) is 20.2. The fourth-order valence-corrected chi connectivity index (χ4v) is 5.62. The van der Waals surface area contributed by atoms with Crippen molar-refractivity contribution in [3.63, 3.8) is 0 Å². The van der Waals surface area contributed by atoms with Gasteiger partial charge in [-0.3, -0.25) is 0 Å². The van der Waals surface area contributed by atoms with Crippen LogP contribution in [0, 0.1) is 0 Å². The second kappa shape index (κ2) is 7.74. The Morgan fingerprint density at radius 2 is 1.22 bits per heavy atom. The van der Waals surface area contributed by atoms with Gasteiger partial charge in [0.15, 0.2) is 0 Å². The predicted octanol–water partition coefficient (Wildman–Crippen LogP) is 9.98. The van der Waals surface area contributed by atoms with Crippen molar-refractivity contribution in [3.05, 3.63) is 127 Å². The third-order valence-corrected chi connectivity index (χ3v) is 7.25. The zero-order chi connectivity index (χ0) is 24.3. The highest BCUT2D eigenvalue weighted by molar-refractivity contribution is 6.12. The van der Waals surface area contributed by atoms with Crippen LogP contribution in [0.4, 0.5) is 17.1 Å². The number of rotatable bonds is 3. The maximum Gasteiger partial charge on any atom is 0.135 e. The van der Waals surface area contributed by atoms with E-state index in [-0.39, 0.29) is 0 Å². The number of anilines is 3. The van der Waals surface area contributed by atoms with Crippen molar-refractivity contribution in [1.82, 2.24) is 0 Å². The van der Waals surface area contributed by atoms with E-state index in [1.165, 1.54) is 5.56 Å². The van der Waals surface area contributed by atoms with Crippen LogP contribution in [0.1, 0.15) is 0 Å². The lowest BCUT2D eigenvalue weighted by atomic mass is 9.93. The lowest BCUT2D eigenvalue weighted by Crippen LogP contribution is -2.11. The van der Waals surface area contributed by atoms with Gasteiger partial charge in [-0.1, -0.05) is 72.8 Å². The van der Waals surface area contributed by atoms with E-state index >= 15 is 0 Å². The number of hydrogen-bond acceptors (Lipinski definition) is 3. The Hall–Kier alpha value is -5.02. The quantitative estimate of drug-likeness (QED) is 0.254. The Kier molecular flexibility index (Phi) is 4.23. The third-order valence-electron chi connectivity index (χ3n) is 7.25. The second-order valence-electron chi connectivity index (χ2n) is 9.36. The van der Waals surface area contributed by atoms with Gasteiger partial charge in [0.2, 0.25) is 0 Å². The summed E-state index contributed by atoms with van der Waals surface area (Å²) >= 11 is 0. The normalized spacial score (nSPS) is 12.0. The van der Waals surface area contributed by atoms with Gasteiger partial charge in [0, 0.05) is 38.5 Å². The second-order valence-corrected chi connectivity index (χ2v) is 9.36. The SMILES string of the molecule is c1ccc(N(c2ccc3oc4ccccc4c3c2)c2ccc3c4c(cccc24)Oc2ccccc2-3)cc1. The summed E-state index contributed by atoms with van der Waals surface area (Å²) in [5.74, 6) is 1.78. The van der Waals surface area contributed by atoms with Gasteiger partial charge in [-0.15, -0.1) is 0 Å². The third kappa shape index (κ3) is 3.01. The van der Waals surface area contributed by atoms with Crippen molar-refractivity contribution in [2.24, 2.45) is 0 Å². The van der Waals surface area contributed by atoms with Crippen LogP contribution in [0.3, 0.4) is 0 Å². The molecule has 37 heavy (non-hydrogen) atoms. The first-order valence-electron chi connectivity index (χ1n) is 12.4. The van der Waals surface area contributed by atoms with Crippen molar-refractivity contribution >= 4 is 49.8 Å². The first-order valence-corrected chi connectivity index (χ1v) is 12.4. The molecule has 2 heterocycles. The molecule has 0 atom stereocenters. The topological polar surface area (TPSA) is 25.6 Å². The highest BCUT2D eigenvalue weighted by atomic mass is 16.5. The zero-order valence-corrected chi connectivity index (χ0v) is 19.9. The summed E-state index contributed by atoms with van der Waals surface area (Å²) in [7, 11) is 0. The van der Waals surface area contributed by atoms with Crippen LogP contribution in [-0.4, -0.2) is 0 Å². The maximum absolute atomic E-state index is 6.36. The number of nitrogens with zero attached hydrogens (tertiary/aromatic N) is 1. The van der Waals surface area contributed by atoms with Gasteiger partial charge in [-0.05, 0) is 60.2 Å². The summed E-state index contributed by atoms with van der Waals surface area (Å²) in [5, 5.41) is 4.50. The molecule has 0 unspecified atom stereocenters. The van der Waals surface area contributed by atoms with Crippen LogP contribution in [0.15, 0.2) is 132 Å². The molecule has 0 N–H and O–H groups in total. The van der Waals surface area contributed by atoms with Gasteiger partial charge in [-0.25, -0.2) is 0 Å². The molecule has 0 saturated carbocycles. The molecule has 0 fully saturated rings. The molecule has 8 rings (SSSR count). The van der Waals surface area contributed by atoms with E-state index in [1.54, 1.807) is 0 Å². The number of fused-ring (bicyclic) bond motifs is 5. The predicted molar refractivity (Wildman–Crippen MR) is 151 cm³/mol. The summed E-state index contributed by atoms with van der Waals surface area (Å²) in [6.07, 6.45) is 0. The van der Waals surface area contributed by atoms with E-state index < -0.39 is 0 Å². The van der Waals surface area contributed by atoms with Crippen LogP contribution in [0.5, 0.6) is 11.5 Å². The molecule has 1 aliphatic rings. The molecule has 174 valence electrons. The van der Waals surface area contributed by atoms with Gasteiger partial charge in [0.05, 0.1) is 5.69 Å². The average Bonchev–Trinajstić information content (AvgIpc) is 3.33. The van der Waals surface area contributed by atoms with E-state index in [4.69, 9.17) is 9.15 Å². The number of furan rings is 1. The van der Waals surface area contributed by atoms with Crippen LogP contribution in [0.25, 0.3) is 43.8 Å². The highest BCUT2D eigenvalue weighted by Crippen LogP contribution is 2.50. The van der Waals surface area contributed by atoms with Crippen LogP contribution >= 0.6 is 0 Å². The minimum absolute atomic E-state index is 0.886. The Bertz CT molecular complexity index is 1970. The van der Waals surface area contributed by atoms with Crippen molar-refractivity contribution in [2.45, 2.75) is 0 Å². The van der Waals surface area contributed by atoms with Gasteiger partial charge >= 0.3 is 0 Å². The molecular formula is C34H21NO2. The molecule has 0 bridgehead atoms. The largest absolute Gasteiger partial charge is 0.456 e. The lowest BCUT2D eigenvalue weighted by molar-refractivity contribution is 0.487. The molecular weight excluding hydrogens is 454 g/mol. The van der Waals surface area contributed by atoms with E-state index in [9.17, 15) is 0 Å². The fourth-order valence-electron chi connectivity index (χ4n) is 5.62. The standard InChI is InChI=1S/C34H21NO2/c1-2-9-22(10-3-1)35(23-17-20-32-28(21-23)25-12-5-7-15-31(25)36-32)29-19-18-26-24-11-4-6-14-30(24)37-33-16-8-13-27(29)34(26)33/h1-21H. The number of benzene rings is 6. The van der Waals surface area contributed by atoms with E-state index in [0.717, 1.165) is 66.8 Å². The van der Waals surface area contributed by atoms with Crippen molar-refractivity contribution in [2.75, 3.05) is 4.90 Å². The molecule has 0 spiro atoms. The minimum atomic E-state index is 0.886. The van der Waals surface area contributed by atoms with E-state index in [2.05, 4.69) is 108 Å². The summed E-state index contributed by atoms with van der Waals surface area (Å²) in [5.41, 5.74) is 7.37. The Morgan fingerprint density at radius 1 is 0.459 bits per heavy atom. The number of hydrogen-bond donors (Lipinski definition) is 0. The molecule has 7 aromatic rings. The number of ether oxygens (including phenoxy) is 1.